The highest BCUT2D eigenvalue weighted by atomic mass is 35.5. The molecule has 1 saturated heterocycles. The minimum Gasteiger partial charge on any atom is -0.477 e. The van der Waals surface area contributed by atoms with E-state index in [1.165, 1.54) is 6.20 Å². The minimum atomic E-state index is -1.31. The summed E-state index contributed by atoms with van der Waals surface area (Å²) in [6, 6.07) is 1.67. The quantitative estimate of drug-likeness (QED) is 0.841. The van der Waals surface area contributed by atoms with Gasteiger partial charge in [-0.05, 0) is 32.8 Å². The Morgan fingerprint density at radius 1 is 1.25 bits per heavy atom. The summed E-state index contributed by atoms with van der Waals surface area (Å²) in [6.07, 6.45) is 3.12. The van der Waals surface area contributed by atoms with Crippen LogP contribution in [0.5, 0.6) is 0 Å². The van der Waals surface area contributed by atoms with Crippen LogP contribution in [-0.4, -0.2) is 52.8 Å². The molecular weight excluding hydrogens is 385 g/mol. The van der Waals surface area contributed by atoms with Gasteiger partial charge < -0.3 is 14.6 Å². The van der Waals surface area contributed by atoms with E-state index in [9.17, 15) is 14.7 Å². The maximum absolute atomic E-state index is 15.0. The van der Waals surface area contributed by atoms with Crippen molar-refractivity contribution in [2.45, 2.75) is 38.8 Å². The molecule has 1 aliphatic heterocycles. The van der Waals surface area contributed by atoms with Gasteiger partial charge in [-0.15, -0.1) is 0 Å². The van der Waals surface area contributed by atoms with Gasteiger partial charge in [0.1, 0.15) is 11.4 Å². The number of nitrogens with zero attached hydrogens (tertiary/aromatic N) is 3. The summed E-state index contributed by atoms with van der Waals surface area (Å²) >= 11 is 6.66. The number of halogens is 2. The molecule has 0 spiro atoms. The maximum Gasteiger partial charge on any atom is 0.341 e. The predicted molar refractivity (Wildman–Crippen MR) is 107 cm³/mol. The van der Waals surface area contributed by atoms with Gasteiger partial charge in [0.15, 0.2) is 0 Å². The van der Waals surface area contributed by atoms with Gasteiger partial charge in [0.2, 0.25) is 5.43 Å². The molecule has 2 heterocycles. The van der Waals surface area contributed by atoms with Crippen molar-refractivity contribution in [3.63, 3.8) is 0 Å². The summed E-state index contributed by atoms with van der Waals surface area (Å²) in [5, 5.41) is 9.58. The maximum atomic E-state index is 15.0. The van der Waals surface area contributed by atoms with Crippen molar-refractivity contribution in [1.82, 2.24) is 9.47 Å². The summed E-state index contributed by atoms with van der Waals surface area (Å²) in [5.74, 6) is -1.90. The van der Waals surface area contributed by atoms with E-state index in [1.807, 2.05) is 4.90 Å². The van der Waals surface area contributed by atoms with Crippen LogP contribution in [-0.2, 0) is 0 Å². The summed E-state index contributed by atoms with van der Waals surface area (Å²) in [4.78, 5) is 28.4. The van der Waals surface area contributed by atoms with Crippen LogP contribution >= 0.6 is 11.6 Å². The van der Waals surface area contributed by atoms with E-state index in [4.69, 9.17) is 11.6 Å². The first kappa shape index (κ1) is 19.2. The molecule has 1 aliphatic carbocycles. The molecule has 1 N–H and O–H groups in total. The van der Waals surface area contributed by atoms with E-state index in [1.54, 1.807) is 4.57 Å². The number of aromatic carboxylic acids is 1. The molecule has 4 rings (SSSR count). The Hall–Kier alpha value is -2.12. The van der Waals surface area contributed by atoms with Crippen molar-refractivity contribution in [3.8, 4) is 0 Å². The van der Waals surface area contributed by atoms with Crippen LogP contribution in [0.25, 0.3) is 10.9 Å². The monoisotopic (exact) mass is 407 g/mol. The highest BCUT2D eigenvalue weighted by Crippen LogP contribution is 2.42. The Kier molecular flexibility index (Phi) is 4.83. The number of pyridine rings is 1. The third kappa shape index (κ3) is 3.16. The van der Waals surface area contributed by atoms with Gasteiger partial charge in [-0.3, -0.25) is 9.69 Å². The average Bonchev–Trinajstić information content (AvgIpc) is 3.47. The van der Waals surface area contributed by atoms with E-state index in [2.05, 4.69) is 18.7 Å². The van der Waals surface area contributed by atoms with Gasteiger partial charge in [0.25, 0.3) is 0 Å². The molecule has 8 heteroatoms. The molecule has 0 radical (unpaired) electrons. The van der Waals surface area contributed by atoms with Crippen molar-refractivity contribution in [1.29, 1.82) is 0 Å². The zero-order valence-corrected chi connectivity index (χ0v) is 16.7. The number of hydrogen-bond donors (Lipinski definition) is 1. The van der Waals surface area contributed by atoms with Crippen molar-refractivity contribution in [3.05, 3.63) is 38.9 Å². The number of carboxylic acids is 1. The first-order valence-corrected chi connectivity index (χ1v) is 9.96. The Labute approximate surface area is 167 Å². The molecule has 0 atom stereocenters. The van der Waals surface area contributed by atoms with E-state index >= 15 is 4.39 Å². The Morgan fingerprint density at radius 3 is 2.43 bits per heavy atom. The van der Waals surface area contributed by atoms with E-state index in [0.29, 0.717) is 30.3 Å². The first-order valence-electron chi connectivity index (χ1n) is 9.58. The highest BCUT2D eigenvalue weighted by Gasteiger charge is 2.31. The Morgan fingerprint density at radius 2 is 1.89 bits per heavy atom. The minimum absolute atomic E-state index is 0.0267. The molecule has 2 aliphatic rings. The molecule has 2 aromatic rings. The average molecular weight is 408 g/mol. The van der Waals surface area contributed by atoms with Gasteiger partial charge in [0.05, 0.1) is 21.6 Å². The molecule has 1 aromatic heterocycles. The SMILES string of the molecule is CC(C)N1CCN(c2c(F)cc3c(=O)c(C(=O)O)cn(C4CC4)c3c2Cl)CC1. The summed E-state index contributed by atoms with van der Waals surface area (Å²) < 4.78 is 16.8. The smallest absolute Gasteiger partial charge is 0.341 e. The van der Waals surface area contributed by atoms with Crippen LogP contribution < -0.4 is 10.3 Å². The second kappa shape index (κ2) is 7.04. The topological polar surface area (TPSA) is 65.8 Å². The lowest BCUT2D eigenvalue weighted by Crippen LogP contribution is -2.49. The van der Waals surface area contributed by atoms with Gasteiger partial charge in [-0.2, -0.15) is 0 Å². The number of carbonyl (C=O) groups is 1. The largest absolute Gasteiger partial charge is 0.477 e. The Balaban J connectivity index is 1.86. The van der Waals surface area contributed by atoms with Gasteiger partial charge in [0, 0.05) is 44.5 Å². The number of benzene rings is 1. The fourth-order valence-corrected chi connectivity index (χ4v) is 4.39. The molecular formula is C20H23ClFN3O3. The third-order valence-corrected chi connectivity index (χ3v) is 6.07. The first-order chi connectivity index (χ1) is 13.3. The zero-order chi connectivity index (χ0) is 20.2. The Bertz CT molecular complexity index is 1010. The second-order valence-electron chi connectivity index (χ2n) is 7.85. The molecule has 1 aromatic carbocycles. The van der Waals surface area contributed by atoms with E-state index in [-0.39, 0.29) is 22.0 Å². The van der Waals surface area contributed by atoms with Gasteiger partial charge in [-0.1, -0.05) is 11.6 Å². The van der Waals surface area contributed by atoms with Crippen molar-refractivity contribution >= 4 is 34.2 Å². The van der Waals surface area contributed by atoms with Gasteiger partial charge >= 0.3 is 5.97 Å². The second-order valence-corrected chi connectivity index (χ2v) is 8.23. The molecule has 28 heavy (non-hydrogen) atoms. The number of rotatable bonds is 4. The number of fused-ring (bicyclic) bond motifs is 1. The summed E-state index contributed by atoms with van der Waals surface area (Å²) in [6.45, 7) is 7.15. The van der Waals surface area contributed by atoms with Crippen LogP contribution in [0.2, 0.25) is 5.02 Å². The van der Waals surface area contributed by atoms with Gasteiger partial charge in [-0.25, -0.2) is 9.18 Å². The van der Waals surface area contributed by atoms with E-state index < -0.39 is 17.2 Å². The summed E-state index contributed by atoms with van der Waals surface area (Å²) in [7, 11) is 0. The zero-order valence-electron chi connectivity index (χ0n) is 15.9. The number of piperazine rings is 1. The number of anilines is 1. The van der Waals surface area contributed by atoms with Crippen LogP contribution in [0, 0.1) is 5.82 Å². The lowest BCUT2D eigenvalue weighted by atomic mass is 10.1. The predicted octanol–water partition coefficient (Wildman–Crippen LogP) is 3.36. The fraction of sp³-hybridized carbons (Fsp3) is 0.500. The lowest BCUT2D eigenvalue weighted by Gasteiger charge is -2.38. The van der Waals surface area contributed by atoms with Crippen LogP contribution in [0.15, 0.2) is 17.1 Å². The van der Waals surface area contributed by atoms with Crippen molar-refractivity contribution in [2.24, 2.45) is 0 Å². The molecule has 0 amide bonds. The van der Waals surface area contributed by atoms with Crippen molar-refractivity contribution < 1.29 is 14.3 Å². The van der Waals surface area contributed by atoms with Crippen LogP contribution in [0.3, 0.4) is 0 Å². The van der Waals surface area contributed by atoms with Crippen molar-refractivity contribution in [2.75, 3.05) is 31.1 Å². The summed E-state index contributed by atoms with van der Waals surface area (Å²) in [5.41, 5.74) is -0.319. The molecule has 2 fully saturated rings. The number of aromatic nitrogens is 1. The fourth-order valence-electron chi connectivity index (χ4n) is 3.98. The molecule has 1 saturated carbocycles. The number of carboxylic acid groups (broad SMARTS) is 1. The standard InChI is InChI=1S/C20H23ClFN3O3/c1-11(2)23-5-7-24(8-6-23)18-15(22)9-13-17(16(18)21)25(12-3-4-12)10-14(19(13)26)20(27)28/h9-12H,3-8H2,1-2H3,(H,27,28). The number of hydrogen-bond acceptors (Lipinski definition) is 4. The lowest BCUT2D eigenvalue weighted by molar-refractivity contribution is 0.0695. The van der Waals surface area contributed by atoms with Crippen LogP contribution in [0.4, 0.5) is 10.1 Å². The van der Waals surface area contributed by atoms with Crippen LogP contribution in [0.1, 0.15) is 43.1 Å². The van der Waals surface area contributed by atoms with E-state index in [0.717, 1.165) is 32.0 Å². The molecule has 150 valence electrons. The normalized spacial score (nSPS) is 18.2. The highest BCUT2D eigenvalue weighted by molar-refractivity contribution is 6.38. The third-order valence-electron chi connectivity index (χ3n) is 5.72. The molecule has 0 unspecified atom stereocenters. The molecule has 0 bridgehead atoms. The molecule has 6 nitrogen and oxygen atoms in total.